The Kier molecular flexibility index (Phi) is 7.67. The second kappa shape index (κ2) is 11.3. The normalized spacial score (nSPS) is 14.9. The van der Waals surface area contributed by atoms with Crippen LogP contribution in [0.1, 0.15) is 29.7 Å². The van der Waals surface area contributed by atoms with Crippen molar-refractivity contribution in [2.75, 3.05) is 12.9 Å². The predicted octanol–water partition coefficient (Wildman–Crippen LogP) is 4.27. The monoisotopic (exact) mass is 573 g/mol. The number of rotatable bonds is 7. The van der Waals surface area contributed by atoms with E-state index in [0.29, 0.717) is 21.6 Å². The first kappa shape index (κ1) is 27.1. The summed E-state index contributed by atoms with van der Waals surface area (Å²) in [5.41, 5.74) is 1.43. The van der Waals surface area contributed by atoms with Crippen LogP contribution in [0.3, 0.4) is 0 Å². The summed E-state index contributed by atoms with van der Waals surface area (Å²) < 4.78 is 7.10. The van der Waals surface area contributed by atoms with Crippen molar-refractivity contribution < 1.29 is 19.6 Å². The molecule has 1 aliphatic heterocycles. The number of carbonyl (C=O) groups excluding carboxylic acids is 1. The summed E-state index contributed by atoms with van der Waals surface area (Å²) in [6, 6.07) is 19.5. The number of carbonyl (C=O) groups is 1. The van der Waals surface area contributed by atoms with E-state index in [1.807, 2.05) is 60.9 Å². The fraction of sp³-hybridized carbons (Fsp3) is 0.138. The highest BCUT2D eigenvalue weighted by atomic mass is 32.2. The van der Waals surface area contributed by atoms with Gasteiger partial charge in [-0.25, -0.2) is 9.79 Å². The number of nitro groups is 1. The van der Waals surface area contributed by atoms with Crippen LogP contribution in [-0.4, -0.2) is 33.4 Å². The third-order valence-corrected chi connectivity index (χ3v) is 8.04. The molecular formula is C29H23N3O6S2. The van der Waals surface area contributed by atoms with Gasteiger partial charge in [0.05, 0.1) is 33.4 Å². The number of phenolic OH excluding ortho intramolecular Hbond substituents is 1. The number of fused-ring (bicyclic) bond motifs is 1. The lowest BCUT2D eigenvalue weighted by atomic mass is 9.93. The number of benzene rings is 3. The summed E-state index contributed by atoms with van der Waals surface area (Å²) in [6.07, 6.45) is 3.36. The minimum absolute atomic E-state index is 0.119. The number of aromatic hydroxyl groups is 1. The molecule has 202 valence electrons. The van der Waals surface area contributed by atoms with E-state index in [1.54, 1.807) is 18.7 Å². The van der Waals surface area contributed by atoms with Crippen molar-refractivity contribution in [3.63, 3.8) is 0 Å². The number of non-ortho nitro benzene ring substituents is 1. The highest BCUT2D eigenvalue weighted by Crippen LogP contribution is 2.35. The second-order valence-corrected chi connectivity index (χ2v) is 10.6. The van der Waals surface area contributed by atoms with Crippen molar-refractivity contribution in [2.24, 2.45) is 4.99 Å². The van der Waals surface area contributed by atoms with Gasteiger partial charge in [0.2, 0.25) is 0 Å². The standard InChI is InChI=1S/C29H23N3O6S2/c1-3-38-28(35)24-25(17-7-5-4-6-8-17)30-29-31(26(24)18-9-12-21(39-2)13-10-18)27(34)23(40-29)16-19-15-20(32(36)37)11-14-22(19)33/h4-16,26,33H,3H2,1-2H3/b23-16-/t26-/m1/s1. The van der Waals surface area contributed by atoms with Crippen molar-refractivity contribution in [2.45, 2.75) is 17.9 Å². The number of hydrogen-bond donors (Lipinski definition) is 1. The Morgan fingerprint density at radius 3 is 2.55 bits per heavy atom. The smallest absolute Gasteiger partial charge is 0.338 e. The fourth-order valence-electron chi connectivity index (χ4n) is 4.45. The van der Waals surface area contributed by atoms with Crippen LogP contribution in [0.2, 0.25) is 0 Å². The molecule has 0 fully saturated rings. The maximum Gasteiger partial charge on any atom is 0.338 e. The number of phenols is 1. The van der Waals surface area contributed by atoms with Gasteiger partial charge in [0, 0.05) is 28.2 Å². The number of nitrogens with zero attached hydrogens (tertiary/aromatic N) is 3. The van der Waals surface area contributed by atoms with Crippen molar-refractivity contribution in [3.05, 3.63) is 125 Å². The number of thiazole rings is 1. The molecule has 0 aliphatic carbocycles. The molecule has 0 unspecified atom stereocenters. The number of aromatic nitrogens is 1. The lowest BCUT2D eigenvalue weighted by Crippen LogP contribution is -2.40. The Morgan fingerprint density at radius 2 is 1.90 bits per heavy atom. The highest BCUT2D eigenvalue weighted by molar-refractivity contribution is 7.98. The van der Waals surface area contributed by atoms with Crippen LogP contribution in [-0.2, 0) is 9.53 Å². The quantitative estimate of drug-likeness (QED) is 0.152. The second-order valence-electron chi connectivity index (χ2n) is 8.70. The van der Waals surface area contributed by atoms with Crippen molar-refractivity contribution in [1.82, 2.24) is 4.57 Å². The van der Waals surface area contributed by atoms with Gasteiger partial charge in [0.15, 0.2) is 4.80 Å². The predicted molar refractivity (Wildman–Crippen MR) is 154 cm³/mol. The van der Waals surface area contributed by atoms with Crippen LogP contribution in [0.15, 0.2) is 93.1 Å². The average molecular weight is 574 g/mol. The summed E-state index contributed by atoms with van der Waals surface area (Å²) in [5, 5.41) is 21.7. The van der Waals surface area contributed by atoms with Gasteiger partial charge >= 0.3 is 5.97 Å². The van der Waals surface area contributed by atoms with Crippen LogP contribution >= 0.6 is 23.1 Å². The van der Waals surface area contributed by atoms with E-state index >= 15 is 0 Å². The molecule has 4 aromatic rings. The van der Waals surface area contributed by atoms with Crippen molar-refractivity contribution >= 4 is 46.5 Å². The zero-order chi connectivity index (χ0) is 28.4. The summed E-state index contributed by atoms with van der Waals surface area (Å²) in [7, 11) is 0. The van der Waals surface area contributed by atoms with E-state index in [-0.39, 0.29) is 33.7 Å². The van der Waals surface area contributed by atoms with Gasteiger partial charge in [0.25, 0.3) is 11.2 Å². The Labute approximate surface area is 236 Å². The first-order valence-corrected chi connectivity index (χ1v) is 14.3. The highest BCUT2D eigenvalue weighted by Gasteiger charge is 2.35. The number of thioether (sulfide) groups is 1. The van der Waals surface area contributed by atoms with Crippen molar-refractivity contribution in [1.29, 1.82) is 0 Å². The van der Waals surface area contributed by atoms with E-state index in [4.69, 9.17) is 9.73 Å². The first-order chi connectivity index (χ1) is 19.3. The zero-order valence-corrected chi connectivity index (χ0v) is 23.1. The minimum atomic E-state index is -0.845. The number of ether oxygens (including phenoxy) is 1. The van der Waals surface area contributed by atoms with Gasteiger partial charge in [-0.15, -0.1) is 11.8 Å². The molecule has 5 rings (SSSR count). The average Bonchev–Trinajstić information content (AvgIpc) is 3.28. The molecular weight excluding hydrogens is 550 g/mol. The van der Waals surface area contributed by atoms with Crippen LogP contribution in [0.4, 0.5) is 5.69 Å². The molecule has 1 N–H and O–H groups in total. The third-order valence-electron chi connectivity index (χ3n) is 6.31. The van der Waals surface area contributed by atoms with Gasteiger partial charge in [-0.1, -0.05) is 53.8 Å². The first-order valence-electron chi connectivity index (χ1n) is 12.2. The Balaban J connectivity index is 1.82. The van der Waals surface area contributed by atoms with Gasteiger partial charge in [0.1, 0.15) is 5.75 Å². The van der Waals surface area contributed by atoms with Gasteiger partial charge in [-0.05, 0) is 43.0 Å². The Hall–Kier alpha value is -4.48. The summed E-state index contributed by atoms with van der Waals surface area (Å²) >= 11 is 2.64. The van der Waals surface area contributed by atoms with Gasteiger partial charge < -0.3 is 9.84 Å². The topological polar surface area (TPSA) is 124 Å². The van der Waals surface area contributed by atoms with Crippen LogP contribution < -0.4 is 14.9 Å². The lowest BCUT2D eigenvalue weighted by molar-refractivity contribution is -0.384. The van der Waals surface area contributed by atoms with Gasteiger partial charge in [-0.2, -0.15) is 0 Å². The number of nitro benzene ring substituents is 1. The van der Waals surface area contributed by atoms with E-state index in [0.717, 1.165) is 16.2 Å². The molecule has 2 heterocycles. The molecule has 9 nitrogen and oxygen atoms in total. The number of hydrogen-bond acceptors (Lipinski definition) is 9. The molecule has 11 heteroatoms. The Bertz CT molecular complexity index is 1830. The molecule has 0 spiro atoms. The summed E-state index contributed by atoms with van der Waals surface area (Å²) in [4.78, 5) is 44.2. The molecule has 1 atom stereocenters. The maximum atomic E-state index is 13.9. The molecule has 0 bridgehead atoms. The van der Waals surface area contributed by atoms with E-state index in [1.165, 1.54) is 28.8 Å². The molecule has 3 aromatic carbocycles. The van der Waals surface area contributed by atoms with Crippen LogP contribution in [0.5, 0.6) is 5.75 Å². The fourth-order valence-corrected chi connectivity index (χ4v) is 5.85. The van der Waals surface area contributed by atoms with E-state index in [2.05, 4.69) is 0 Å². The molecule has 0 saturated carbocycles. The molecule has 40 heavy (non-hydrogen) atoms. The molecule has 1 aliphatic rings. The van der Waals surface area contributed by atoms with Crippen molar-refractivity contribution in [3.8, 4) is 5.75 Å². The third kappa shape index (κ3) is 5.08. The van der Waals surface area contributed by atoms with Crippen LogP contribution in [0.25, 0.3) is 11.8 Å². The molecule has 1 aromatic heterocycles. The zero-order valence-electron chi connectivity index (χ0n) is 21.4. The molecule has 0 saturated heterocycles. The largest absolute Gasteiger partial charge is 0.507 e. The van der Waals surface area contributed by atoms with E-state index in [9.17, 15) is 24.8 Å². The van der Waals surface area contributed by atoms with Crippen LogP contribution in [0, 0.1) is 10.1 Å². The minimum Gasteiger partial charge on any atom is -0.507 e. The SMILES string of the molecule is CCOC(=O)C1=C(c2ccccc2)N=c2s/c(=C\c3cc([N+](=O)[O-])ccc3O)c(=O)n2[C@@H]1c1ccc(SC)cc1. The summed E-state index contributed by atoms with van der Waals surface area (Å²) in [5.74, 6) is -0.799. The maximum absolute atomic E-state index is 13.9. The number of esters is 1. The Morgan fingerprint density at radius 1 is 1.18 bits per heavy atom. The molecule has 0 radical (unpaired) electrons. The molecule has 0 amide bonds. The van der Waals surface area contributed by atoms with E-state index < -0.39 is 22.5 Å². The summed E-state index contributed by atoms with van der Waals surface area (Å²) in [6.45, 7) is 1.85. The van der Waals surface area contributed by atoms with Gasteiger partial charge in [-0.3, -0.25) is 19.5 Å². The lowest BCUT2D eigenvalue weighted by Gasteiger charge is -2.26.